The van der Waals surface area contributed by atoms with Crippen LogP contribution in [0.15, 0.2) is 64.5 Å². The first kappa shape index (κ1) is 19.8. The number of amides is 1. The fourth-order valence-electron chi connectivity index (χ4n) is 2.59. The minimum absolute atomic E-state index is 0.0189. The predicted molar refractivity (Wildman–Crippen MR) is 108 cm³/mol. The van der Waals surface area contributed by atoms with Crippen molar-refractivity contribution in [2.75, 3.05) is 7.11 Å². The lowest BCUT2D eigenvalue weighted by molar-refractivity contribution is 0.0949. The second-order valence-electron chi connectivity index (χ2n) is 6.11. The summed E-state index contributed by atoms with van der Waals surface area (Å²) < 4.78 is 11.3. The first-order chi connectivity index (χ1) is 14.1. The standard InChI is InChI=1S/C21H20N4O4/c1-14-11-17(24-21(27)23-14)20(26)25-22-12-16-9-6-10-18(28-2)19(16)29-13-15-7-4-3-5-8-15/h3-12H,13H2,1-2H3,(H,25,26)(H,23,24,27)/b22-12+. The van der Waals surface area contributed by atoms with Crippen LogP contribution in [0.3, 0.4) is 0 Å². The Labute approximate surface area is 167 Å². The van der Waals surface area contributed by atoms with Crippen molar-refractivity contribution in [2.24, 2.45) is 5.10 Å². The van der Waals surface area contributed by atoms with Gasteiger partial charge in [-0.3, -0.25) is 4.79 Å². The van der Waals surface area contributed by atoms with E-state index in [9.17, 15) is 9.59 Å². The molecule has 0 saturated carbocycles. The molecule has 1 aromatic heterocycles. The molecule has 1 amide bonds. The van der Waals surface area contributed by atoms with E-state index in [2.05, 4.69) is 20.5 Å². The van der Waals surface area contributed by atoms with Crippen LogP contribution in [0.5, 0.6) is 11.5 Å². The molecule has 0 radical (unpaired) electrons. The topological polar surface area (TPSA) is 106 Å². The molecule has 0 bridgehead atoms. The highest BCUT2D eigenvalue weighted by molar-refractivity contribution is 5.93. The van der Waals surface area contributed by atoms with Gasteiger partial charge in [-0.05, 0) is 30.7 Å². The Morgan fingerprint density at radius 3 is 2.72 bits per heavy atom. The van der Waals surface area contributed by atoms with Gasteiger partial charge in [-0.15, -0.1) is 0 Å². The van der Waals surface area contributed by atoms with Gasteiger partial charge in [-0.1, -0.05) is 36.4 Å². The smallest absolute Gasteiger partial charge is 0.345 e. The summed E-state index contributed by atoms with van der Waals surface area (Å²) in [6, 6.07) is 16.5. The number of hydrazone groups is 1. The minimum Gasteiger partial charge on any atom is -0.493 e. The van der Waals surface area contributed by atoms with E-state index in [0.29, 0.717) is 29.4 Å². The average molecular weight is 392 g/mol. The zero-order valence-electron chi connectivity index (χ0n) is 16.0. The number of carbonyl (C=O) groups is 1. The highest BCUT2D eigenvalue weighted by Crippen LogP contribution is 2.30. The molecule has 148 valence electrons. The molecule has 0 fully saturated rings. The fourth-order valence-corrected chi connectivity index (χ4v) is 2.59. The van der Waals surface area contributed by atoms with Crippen LogP contribution in [0.2, 0.25) is 0 Å². The van der Waals surface area contributed by atoms with Gasteiger partial charge in [0.05, 0.1) is 13.3 Å². The monoisotopic (exact) mass is 392 g/mol. The van der Waals surface area contributed by atoms with Crippen molar-refractivity contribution in [2.45, 2.75) is 13.5 Å². The molecule has 0 aliphatic rings. The van der Waals surface area contributed by atoms with Gasteiger partial charge in [-0.25, -0.2) is 10.2 Å². The zero-order valence-corrected chi connectivity index (χ0v) is 16.0. The number of H-pyrrole nitrogens is 1. The van der Waals surface area contributed by atoms with E-state index in [1.807, 2.05) is 30.3 Å². The van der Waals surface area contributed by atoms with Crippen LogP contribution >= 0.6 is 0 Å². The van der Waals surface area contributed by atoms with Crippen molar-refractivity contribution in [1.82, 2.24) is 15.4 Å². The summed E-state index contributed by atoms with van der Waals surface area (Å²) >= 11 is 0. The van der Waals surface area contributed by atoms with E-state index in [0.717, 1.165) is 5.56 Å². The van der Waals surface area contributed by atoms with Gasteiger partial charge in [0, 0.05) is 11.3 Å². The van der Waals surface area contributed by atoms with Crippen LogP contribution < -0.4 is 20.6 Å². The summed E-state index contributed by atoms with van der Waals surface area (Å²) in [6.45, 7) is 2.01. The number of nitrogens with zero attached hydrogens (tertiary/aromatic N) is 2. The molecular formula is C21H20N4O4. The lowest BCUT2D eigenvalue weighted by atomic mass is 10.2. The van der Waals surface area contributed by atoms with Gasteiger partial charge in [0.1, 0.15) is 12.3 Å². The van der Waals surface area contributed by atoms with Crippen molar-refractivity contribution in [3.05, 3.63) is 87.6 Å². The maximum absolute atomic E-state index is 12.2. The van der Waals surface area contributed by atoms with E-state index >= 15 is 0 Å². The number of aromatic amines is 1. The van der Waals surface area contributed by atoms with Crippen molar-refractivity contribution in [1.29, 1.82) is 0 Å². The molecule has 2 N–H and O–H groups in total. The molecule has 0 aliphatic carbocycles. The summed E-state index contributed by atoms with van der Waals surface area (Å²) in [7, 11) is 1.55. The van der Waals surface area contributed by atoms with Gasteiger partial charge < -0.3 is 14.5 Å². The molecule has 0 unspecified atom stereocenters. The van der Waals surface area contributed by atoms with Crippen LogP contribution in [-0.4, -0.2) is 29.2 Å². The van der Waals surface area contributed by atoms with E-state index < -0.39 is 11.6 Å². The number of hydrogen-bond acceptors (Lipinski definition) is 6. The first-order valence-electron chi connectivity index (χ1n) is 8.82. The van der Waals surface area contributed by atoms with Gasteiger partial charge in [0.2, 0.25) is 0 Å². The maximum Gasteiger partial charge on any atom is 0.345 e. The average Bonchev–Trinajstić information content (AvgIpc) is 2.72. The molecule has 2 aromatic carbocycles. The lowest BCUT2D eigenvalue weighted by Crippen LogP contribution is -2.24. The van der Waals surface area contributed by atoms with E-state index in [1.165, 1.54) is 12.3 Å². The highest BCUT2D eigenvalue weighted by atomic mass is 16.5. The molecule has 1 heterocycles. The SMILES string of the molecule is COc1cccc(/C=N/NC(=O)c2cc(C)[nH]c(=O)n2)c1OCc1ccccc1. The van der Waals surface area contributed by atoms with Crippen molar-refractivity contribution < 1.29 is 14.3 Å². The van der Waals surface area contributed by atoms with Gasteiger partial charge in [0.15, 0.2) is 11.5 Å². The van der Waals surface area contributed by atoms with Gasteiger partial charge >= 0.3 is 5.69 Å². The molecule has 0 spiro atoms. The number of carbonyl (C=O) groups excluding carboxylic acids is 1. The Morgan fingerprint density at radius 2 is 2.00 bits per heavy atom. The Kier molecular flexibility index (Phi) is 6.36. The lowest BCUT2D eigenvalue weighted by Gasteiger charge is -2.13. The third-order valence-corrected chi connectivity index (χ3v) is 3.94. The summed E-state index contributed by atoms with van der Waals surface area (Å²) in [6.07, 6.45) is 1.45. The van der Waals surface area contributed by atoms with Gasteiger partial charge in [0.25, 0.3) is 5.91 Å². The first-order valence-corrected chi connectivity index (χ1v) is 8.82. The molecule has 8 nitrogen and oxygen atoms in total. The van der Waals surface area contributed by atoms with Crippen LogP contribution in [0.4, 0.5) is 0 Å². The Hall–Kier alpha value is -3.94. The number of benzene rings is 2. The normalized spacial score (nSPS) is 10.7. The molecule has 3 aromatic rings. The molecule has 29 heavy (non-hydrogen) atoms. The Balaban J connectivity index is 1.75. The number of para-hydroxylation sites is 1. The molecule has 8 heteroatoms. The highest BCUT2D eigenvalue weighted by Gasteiger charge is 2.11. The number of aromatic nitrogens is 2. The fraction of sp³-hybridized carbons (Fsp3) is 0.143. The number of nitrogens with one attached hydrogen (secondary N) is 2. The number of ether oxygens (including phenoxy) is 2. The maximum atomic E-state index is 12.2. The van der Waals surface area contributed by atoms with E-state index in [4.69, 9.17) is 9.47 Å². The van der Waals surface area contributed by atoms with Crippen molar-refractivity contribution in [3.63, 3.8) is 0 Å². The largest absolute Gasteiger partial charge is 0.493 e. The second-order valence-corrected chi connectivity index (χ2v) is 6.11. The van der Waals surface area contributed by atoms with Crippen molar-refractivity contribution in [3.8, 4) is 11.5 Å². The van der Waals surface area contributed by atoms with Crippen LogP contribution in [0, 0.1) is 6.92 Å². The molecule has 3 rings (SSSR count). The summed E-state index contributed by atoms with van der Waals surface area (Å²) in [5.41, 5.74) is 3.90. The Morgan fingerprint density at radius 1 is 1.21 bits per heavy atom. The quantitative estimate of drug-likeness (QED) is 0.475. The Bertz CT molecular complexity index is 1080. The van der Waals surface area contributed by atoms with Crippen molar-refractivity contribution >= 4 is 12.1 Å². The predicted octanol–water partition coefficient (Wildman–Crippen LogP) is 2.43. The summed E-state index contributed by atoms with van der Waals surface area (Å²) in [4.78, 5) is 29.7. The molecule has 0 aliphatic heterocycles. The second kappa shape index (κ2) is 9.32. The molecule has 0 atom stereocenters. The number of aryl methyl sites for hydroxylation is 1. The molecule has 0 saturated heterocycles. The zero-order chi connectivity index (χ0) is 20.6. The van der Waals surface area contributed by atoms with E-state index in [-0.39, 0.29) is 5.69 Å². The third kappa shape index (κ3) is 5.29. The van der Waals surface area contributed by atoms with Crippen LogP contribution in [0.1, 0.15) is 27.3 Å². The molecular weight excluding hydrogens is 372 g/mol. The summed E-state index contributed by atoms with van der Waals surface area (Å²) in [5.74, 6) is 0.454. The van der Waals surface area contributed by atoms with Crippen LogP contribution in [-0.2, 0) is 6.61 Å². The van der Waals surface area contributed by atoms with Crippen LogP contribution in [0.25, 0.3) is 0 Å². The number of hydrogen-bond donors (Lipinski definition) is 2. The minimum atomic E-state index is -0.594. The van der Waals surface area contributed by atoms with E-state index in [1.54, 1.807) is 32.2 Å². The number of methoxy groups -OCH3 is 1. The number of rotatable bonds is 7. The third-order valence-electron chi connectivity index (χ3n) is 3.94. The summed E-state index contributed by atoms with van der Waals surface area (Å²) in [5, 5.41) is 3.96. The van der Waals surface area contributed by atoms with Gasteiger partial charge in [-0.2, -0.15) is 10.1 Å².